The van der Waals surface area contributed by atoms with E-state index in [0.717, 1.165) is 13.1 Å². The standard InChI is InChI=1S/C11H22N2O2/c1-10(7-12-8-11(14)15-2)9-13-5-3-4-6-13/h10,12H,3-9H2,1-2H3. The molecule has 15 heavy (non-hydrogen) atoms. The van der Waals surface area contributed by atoms with E-state index in [0.29, 0.717) is 12.5 Å². The Morgan fingerprint density at radius 2 is 2.13 bits per heavy atom. The molecule has 1 fully saturated rings. The van der Waals surface area contributed by atoms with Gasteiger partial charge in [-0.25, -0.2) is 0 Å². The van der Waals surface area contributed by atoms with Crippen molar-refractivity contribution in [2.45, 2.75) is 19.8 Å². The van der Waals surface area contributed by atoms with Crippen LogP contribution in [0.3, 0.4) is 0 Å². The molecule has 1 heterocycles. The molecule has 1 unspecified atom stereocenters. The van der Waals surface area contributed by atoms with Gasteiger partial charge in [0.1, 0.15) is 0 Å². The maximum atomic E-state index is 10.8. The second kappa shape index (κ2) is 6.80. The van der Waals surface area contributed by atoms with Gasteiger partial charge in [-0.1, -0.05) is 6.92 Å². The number of hydrogen-bond donors (Lipinski definition) is 1. The Hall–Kier alpha value is -0.610. The molecule has 0 aliphatic carbocycles. The molecule has 1 rings (SSSR count). The molecule has 0 amide bonds. The lowest BCUT2D eigenvalue weighted by Gasteiger charge is -2.20. The zero-order chi connectivity index (χ0) is 11.1. The van der Waals surface area contributed by atoms with E-state index in [9.17, 15) is 4.79 Å². The molecule has 88 valence electrons. The Morgan fingerprint density at radius 3 is 2.73 bits per heavy atom. The number of nitrogens with zero attached hydrogens (tertiary/aromatic N) is 1. The Labute approximate surface area is 92.0 Å². The maximum absolute atomic E-state index is 10.8. The van der Waals surface area contributed by atoms with Gasteiger partial charge in [-0.05, 0) is 38.4 Å². The maximum Gasteiger partial charge on any atom is 0.319 e. The Balaban J connectivity index is 2.02. The first-order valence-corrected chi connectivity index (χ1v) is 5.72. The summed E-state index contributed by atoms with van der Waals surface area (Å²) in [5.41, 5.74) is 0. The summed E-state index contributed by atoms with van der Waals surface area (Å²) in [7, 11) is 1.41. The number of hydrogen-bond acceptors (Lipinski definition) is 4. The fraction of sp³-hybridized carbons (Fsp3) is 0.909. The van der Waals surface area contributed by atoms with Crippen LogP contribution in [0, 0.1) is 5.92 Å². The Kier molecular flexibility index (Phi) is 5.65. The van der Waals surface area contributed by atoms with Crippen LogP contribution >= 0.6 is 0 Å². The minimum absolute atomic E-state index is 0.191. The minimum Gasteiger partial charge on any atom is -0.468 e. The van der Waals surface area contributed by atoms with Gasteiger partial charge in [0.2, 0.25) is 0 Å². The monoisotopic (exact) mass is 214 g/mol. The summed E-state index contributed by atoms with van der Waals surface area (Å²) in [6, 6.07) is 0. The molecule has 1 aliphatic heterocycles. The predicted octanol–water partition coefficient (Wildman–Crippen LogP) is 0.481. The summed E-state index contributed by atoms with van der Waals surface area (Å²) in [5, 5.41) is 3.11. The van der Waals surface area contributed by atoms with Crippen molar-refractivity contribution in [3.8, 4) is 0 Å². The molecule has 0 aromatic carbocycles. The van der Waals surface area contributed by atoms with Crippen LogP contribution in [-0.4, -0.2) is 50.7 Å². The predicted molar refractivity (Wildman–Crippen MR) is 59.7 cm³/mol. The zero-order valence-corrected chi connectivity index (χ0v) is 9.79. The number of rotatable bonds is 6. The second-order valence-corrected chi connectivity index (χ2v) is 4.32. The van der Waals surface area contributed by atoms with Gasteiger partial charge >= 0.3 is 5.97 Å². The van der Waals surface area contributed by atoms with E-state index in [1.165, 1.54) is 33.0 Å². The van der Waals surface area contributed by atoms with E-state index >= 15 is 0 Å². The van der Waals surface area contributed by atoms with E-state index in [2.05, 4.69) is 21.9 Å². The molecule has 1 aliphatic rings. The molecule has 0 radical (unpaired) electrons. The van der Waals surface area contributed by atoms with Gasteiger partial charge in [0, 0.05) is 6.54 Å². The Morgan fingerprint density at radius 1 is 1.47 bits per heavy atom. The molecule has 0 aromatic rings. The molecule has 1 N–H and O–H groups in total. The van der Waals surface area contributed by atoms with Crippen molar-refractivity contribution in [3.63, 3.8) is 0 Å². The lowest BCUT2D eigenvalue weighted by molar-refractivity contribution is -0.139. The first-order valence-electron chi connectivity index (χ1n) is 5.72. The molecule has 1 atom stereocenters. The first-order chi connectivity index (χ1) is 7.22. The van der Waals surface area contributed by atoms with Crippen molar-refractivity contribution >= 4 is 5.97 Å². The average Bonchev–Trinajstić information content (AvgIpc) is 2.70. The minimum atomic E-state index is -0.191. The summed E-state index contributed by atoms with van der Waals surface area (Å²) in [6.45, 7) is 7.02. The van der Waals surface area contributed by atoms with Crippen molar-refractivity contribution < 1.29 is 9.53 Å². The number of nitrogens with one attached hydrogen (secondary N) is 1. The van der Waals surface area contributed by atoms with Crippen molar-refractivity contribution in [2.75, 3.05) is 39.8 Å². The topological polar surface area (TPSA) is 41.6 Å². The molecule has 0 bridgehead atoms. The van der Waals surface area contributed by atoms with Gasteiger partial charge < -0.3 is 15.0 Å². The van der Waals surface area contributed by atoms with Crippen molar-refractivity contribution in [1.82, 2.24) is 10.2 Å². The summed E-state index contributed by atoms with van der Waals surface area (Å²) in [4.78, 5) is 13.3. The number of carbonyl (C=O) groups excluding carboxylic acids is 1. The van der Waals surface area contributed by atoms with Crippen molar-refractivity contribution in [1.29, 1.82) is 0 Å². The third-order valence-electron chi connectivity index (χ3n) is 2.76. The summed E-state index contributed by atoms with van der Waals surface area (Å²) >= 11 is 0. The largest absolute Gasteiger partial charge is 0.468 e. The van der Waals surface area contributed by atoms with Crippen LogP contribution in [0.4, 0.5) is 0 Å². The Bertz CT molecular complexity index is 191. The molecular formula is C11H22N2O2. The molecular weight excluding hydrogens is 192 g/mol. The highest BCUT2D eigenvalue weighted by Crippen LogP contribution is 2.09. The van der Waals surface area contributed by atoms with Gasteiger partial charge in [0.25, 0.3) is 0 Å². The van der Waals surface area contributed by atoms with Gasteiger partial charge in [0.05, 0.1) is 13.7 Å². The van der Waals surface area contributed by atoms with E-state index in [1.54, 1.807) is 0 Å². The molecule has 4 nitrogen and oxygen atoms in total. The van der Waals surface area contributed by atoms with E-state index < -0.39 is 0 Å². The van der Waals surface area contributed by atoms with Crippen LogP contribution in [0.5, 0.6) is 0 Å². The van der Waals surface area contributed by atoms with E-state index in [-0.39, 0.29) is 5.97 Å². The van der Waals surface area contributed by atoms with Gasteiger partial charge in [-0.15, -0.1) is 0 Å². The average molecular weight is 214 g/mol. The summed E-state index contributed by atoms with van der Waals surface area (Å²) in [6.07, 6.45) is 2.67. The van der Waals surface area contributed by atoms with Crippen LogP contribution in [0.15, 0.2) is 0 Å². The normalized spacial score (nSPS) is 19.1. The van der Waals surface area contributed by atoms with Crippen LogP contribution in [-0.2, 0) is 9.53 Å². The first kappa shape index (κ1) is 12.5. The van der Waals surface area contributed by atoms with Gasteiger partial charge in [0.15, 0.2) is 0 Å². The van der Waals surface area contributed by atoms with E-state index in [4.69, 9.17) is 0 Å². The lowest BCUT2D eigenvalue weighted by Crippen LogP contribution is -2.34. The summed E-state index contributed by atoms with van der Waals surface area (Å²) in [5.74, 6) is 0.399. The van der Waals surface area contributed by atoms with Gasteiger partial charge in [-0.3, -0.25) is 4.79 Å². The summed E-state index contributed by atoms with van der Waals surface area (Å²) < 4.78 is 4.55. The van der Waals surface area contributed by atoms with Crippen LogP contribution in [0.2, 0.25) is 0 Å². The second-order valence-electron chi connectivity index (χ2n) is 4.32. The number of carbonyl (C=O) groups is 1. The van der Waals surface area contributed by atoms with E-state index in [1.807, 2.05) is 0 Å². The SMILES string of the molecule is COC(=O)CNCC(C)CN1CCCC1. The number of likely N-dealkylation sites (tertiary alicyclic amines) is 1. The lowest BCUT2D eigenvalue weighted by atomic mass is 10.1. The smallest absolute Gasteiger partial charge is 0.319 e. The van der Waals surface area contributed by atoms with Crippen molar-refractivity contribution in [2.24, 2.45) is 5.92 Å². The molecule has 1 saturated heterocycles. The third-order valence-corrected chi connectivity index (χ3v) is 2.76. The zero-order valence-electron chi connectivity index (χ0n) is 9.79. The molecule has 0 spiro atoms. The fourth-order valence-corrected chi connectivity index (χ4v) is 1.96. The molecule has 4 heteroatoms. The van der Waals surface area contributed by atoms with Crippen LogP contribution < -0.4 is 5.32 Å². The quantitative estimate of drug-likeness (QED) is 0.653. The third kappa shape index (κ3) is 5.14. The van der Waals surface area contributed by atoms with Crippen LogP contribution in [0.25, 0.3) is 0 Å². The molecule has 0 saturated carbocycles. The highest BCUT2D eigenvalue weighted by molar-refractivity contribution is 5.71. The number of methoxy groups -OCH3 is 1. The highest BCUT2D eigenvalue weighted by Gasteiger charge is 2.14. The number of ether oxygens (including phenoxy) is 1. The fourth-order valence-electron chi connectivity index (χ4n) is 1.96. The van der Waals surface area contributed by atoms with Gasteiger partial charge in [-0.2, -0.15) is 0 Å². The van der Waals surface area contributed by atoms with Crippen LogP contribution in [0.1, 0.15) is 19.8 Å². The highest BCUT2D eigenvalue weighted by atomic mass is 16.5. The number of esters is 1. The van der Waals surface area contributed by atoms with Crippen molar-refractivity contribution in [3.05, 3.63) is 0 Å². The molecule has 0 aromatic heterocycles.